The molecule has 1 aromatic rings. The summed E-state index contributed by atoms with van der Waals surface area (Å²) in [5.74, 6) is 1.09. The van der Waals surface area contributed by atoms with Crippen molar-refractivity contribution in [3.63, 3.8) is 0 Å². The van der Waals surface area contributed by atoms with Crippen molar-refractivity contribution in [3.05, 3.63) is 24.2 Å². The first-order chi connectivity index (χ1) is 7.90. The third kappa shape index (κ3) is 3.29. The monoisotopic (exact) mass is 239 g/mol. The van der Waals surface area contributed by atoms with Crippen molar-refractivity contribution < 1.29 is 4.42 Å². The maximum absolute atomic E-state index is 5.33. The molecule has 0 spiro atoms. The second-order valence-electron chi connectivity index (χ2n) is 4.45. The van der Waals surface area contributed by atoms with Crippen molar-refractivity contribution in [2.24, 2.45) is 0 Å². The Bertz CT molecular complexity index is 286. The van der Waals surface area contributed by atoms with Gasteiger partial charge in [0.15, 0.2) is 0 Å². The van der Waals surface area contributed by atoms with E-state index in [9.17, 15) is 0 Å². The van der Waals surface area contributed by atoms with Crippen molar-refractivity contribution in [2.75, 3.05) is 12.8 Å². The van der Waals surface area contributed by atoms with Gasteiger partial charge in [0.25, 0.3) is 0 Å². The van der Waals surface area contributed by atoms with Crippen molar-refractivity contribution >= 4 is 11.8 Å². The van der Waals surface area contributed by atoms with E-state index >= 15 is 0 Å². The second-order valence-corrected chi connectivity index (χ2v) is 5.53. The quantitative estimate of drug-likeness (QED) is 0.855. The molecule has 1 N–H and O–H groups in total. The summed E-state index contributed by atoms with van der Waals surface area (Å²) in [5, 5.41) is 4.49. The molecule has 1 aromatic heterocycles. The Morgan fingerprint density at radius 3 is 3.06 bits per heavy atom. The number of hydrogen-bond donors (Lipinski definition) is 1. The van der Waals surface area contributed by atoms with Crippen molar-refractivity contribution in [1.82, 2.24) is 5.32 Å². The van der Waals surface area contributed by atoms with Crippen LogP contribution in [-0.2, 0) is 6.42 Å². The van der Waals surface area contributed by atoms with Crippen molar-refractivity contribution in [3.8, 4) is 0 Å². The number of hydrogen-bond acceptors (Lipinski definition) is 3. The molecule has 1 aliphatic carbocycles. The zero-order chi connectivity index (χ0) is 11.2. The summed E-state index contributed by atoms with van der Waals surface area (Å²) < 4.78 is 5.33. The van der Waals surface area contributed by atoms with E-state index in [1.807, 2.05) is 17.8 Å². The van der Waals surface area contributed by atoms with E-state index in [1.54, 1.807) is 6.26 Å². The van der Waals surface area contributed by atoms with E-state index in [0.717, 1.165) is 24.0 Å². The van der Waals surface area contributed by atoms with Crippen LogP contribution < -0.4 is 5.32 Å². The van der Waals surface area contributed by atoms with Crippen molar-refractivity contribution in [2.45, 2.75) is 43.4 Å². The molecular formula is C13H21NOS. The Hall–Kier alpha value is -0.410. The van der Waals surface area contributed by atoms with Gasteiger partial charge in [0.05, 0.1) is 6.26 Å². The summed E-state index contributed by atoms with van der Waals surface area (Å²) in [5.41, 5.74) is 0. The van der Waals surface area contributed by atoms with E-state index in [2.05, 4.69) is 17.6 Å². The molecule has 1 aliphatic rings. The summed E-state index contributed by atoms with van der Waals surface area (Å²) in [4.78, 5) is 0. The first-order valence-electron chi connectivity index (χ1n) is 6.18. The van der Waals surface area contributed by atoms with E-state index in [4.69, 9.17) is 4.42 Å². The minimum absolute atomic E-state index is 0.707. The topological polar surface area (TPSA) is 25.2 Å². The van der Waals surface area contributed by atoms with Gasteiger partial charge in [0.1, 0.15) is 5.76 Å². The lowest BCUT2D eigenvalue weighted by atomic mass is 9.95. The van der Waals surface area contributed by atoms with Gasteiger partial charge in [0, 0.05) is 24.3 Å². The molecule has 3 heteroatoms. The molecule has 0 radical (unpaired) electrons. The molecular weight excluding hydrogens is 218 g/mol. The average Bonchev–Trinajstić information content (AvgIpc) is 2.83. The first kappa shape index (κ1) is 12.1. The molecule has 0 aromatic carbocycles. The molecule has 1 heterocycles. The van der Waals surface area contributed by atoms with Crippen LogP contribution in [0, 0.1) is 0 Å². The third-order valence-corrected chi connectivity index (χ3v) is 4.53. The molecule has 2 unspecified atom stereocenters. The van der Waals surface area contributed by atoms with Crippen LogP contribution >= 0.6 is 11.8 Å². The smallest absolute Gasteiger partial charge is 0.105 e. The minimum Gasteiger partial charge on any atom is -0.469 e. The van der Waals surface area contributed by atoms with Gasteiger partial charge in [-0.05, 0) is 31.2 Å². The highest BCUT2D eigenvalue weighted by molar-refractivity contribution is 7.99. The summed E-state index contributed by atoms with van der Waals surface area (Å²) in [6.45, 7) is 1.04. The van der Waals surface area contributed by atoms with Crippen LogP contribution in [-0.4, -0.2) is 24.1 Å². The molecule has 0 amide bonds. The predicted octanol–water partition coefficient (Wildman–Crippen LogP) is 3.09. The van der Waals surface area contributed by atoms with Gasteiger partial charge in [-0.1, -0.05) is 12.8 Å². The van der Waals surface area contributed by atoms with Crippen LogP contribution in [0.15, 0.2) is 22.8 Å². The highest BCUT2D eigenvalue weighted by Gasteiger charge is 2.23. The fourth-order valence-corrected chi connectivity index (χ4v) is 3.41. The fraction of sp³-hybridized carbons (Fsp3) is 0.692. The highest BCUT2D eigenvalue weighted by atomic mass is 32.2. The average molecular weight is 239 g/mol. The molecule has 90 valence electrons. The molecule has 0 aliphatic heterocycles. The Morgan fingerprint density at radius 1 is 1.44 bits per heavy atom. The van der Waals surface area contributed by atoms with Gasteiger partial charge < -0.3 is 9.73 Å². The maximum atomic E-state index is 5.33. The lowest BCUT2D eigenvalue weighted by Gasteiger charge is -2.31. The van der Waals surface area contributed by atoms with E-state index in [1.165, 1.54) is 25.7 Å². The molecule has 1 fully saturated rings. The van der Waals surface area contributed by atoms with Gasteiger partial charge in [-0.25, -0.2) is 0 Å². The van der Waals surface area contributed by atoms with Crippen molar-refractivity contribution in [1.29, 1.82) is 0 Å². The minimum atomic E-state index is 0.707. The van der Waals surface area contributed by atoms with Crippen LogP contribution in [0.25, 0.3) is 0 Å². The summed E-state index contributed by atoms with van der Waals surface area (Å²) in [7, 11) is 0. The normalized spacial score (nSPS) is 25.8. The van der Waals surface area contributed by atoms with Gasteiger partial charge in [-0.15, -0.1) is 0 Å². The molecule has 2 nitrogen and oxygen atoms in total. The van der Waals surface area contributed by atoms with Crippen LogP contribution in [0.4, 0.5) is 0 Å². The van der Waals surface area contributed by atoms with Gasteiger partial charge >= 0.3 is 0 Å². The lowest BCUT2D eigenvalue weighted by molar-refractivity contribution is 0.380. The standard InChI is InChI=1S/C13H21NOS/c1-16-13-7-3-2-6-12(13)14-9-8-11-5-4-10-15-11/h4-5,10,12-14H,2-3,6-9H2,1H3. The molecule has 0 saturated heterocycles. The largest absolute Gasteiger partial charge is 0.469 e. The van der Waals surface area contributed by atoms with E-state index in [-0.39, 0.29) is 0 Å². The Kier molecular flexibility index (Phi) is 4.79. The van der Waals surface area contributed by atoms with Gasteiger partial charge in [-0.3, -0.25) is 0 Å². The Balaban J connectivity index is 1.71. The molecule has 0 bridgehead atoms. The first-order valence-corrected chi connectivity index (χ1v) is 7.47. The number of nitrogens with one attached hydrogen (secondary N) is 1. The second kappa shape index (κ2) is 6.36. The number of rotatable bonds is 5. The van der Waals surface area contributed by atoms with Crippen LogP contribution in [0.5, 0.6) is 0 Å². The zero-order valence-corrected chi connectivity index (χ0v) is 10.8. The third-order valence-electron chi connectivity index (χ3n) is 3.36. The number of furan rings is 1. The van der Waals surface area contributed by atoms with Crippen LogP contribution in [0.3, 0.4) is 0 Å². The number of thioether (sulfide) groups is 1. The van der Waals surface area contributed by atoms with E-state index < -0.39 is 0 Å². The molecule has 1 saturated carbocycles. The van der Waals surface area contributed by atoms with Gasteiger partial charge in [-0.2, -0.15) is 11.8 Å². The lowest BCUT2D eigenvalue weighted by Crippen LogP contribution is -2.41. The van der Waals surface area contributed by atoms with Gasteiger partial charge in [0.2, 0.25) is 0 Å². The molecule has 2 atom stereocenters. The summed E-state index contributed by atoms with van der Waals surface area (Å²) in [6.07, 6.45) is 10.5. The van der Waals surface area contributed by atoms with Crippen LogP contribution in [0.2, 0.25) is 0 Å². The Morgan fingerprint density at radius 2 is 2.31 bits per heavy atom. The predicted molar refractivity (Wildman–Crippen MR) is 70.0 cm³/mol. The zero-order valence-electron chi connectivity index (χ0n) is 9.95. The fourth-order valence-electron chi connectivity index (χ4n) is 2.45. The Labute approximate surface area is 102 Å². The molecule has 2 rings (SSSR count). The van der Waals surface area contributed by atoms with E-state index in [0.29, 0.717) is 6.04 Å². The summed E-state index contributed by atoms with van der Waals surface area (Å²) >= 11 is 2.02. The highest BCUT2D eigenvalue weighted by Crippen LogP contribution is 2.26. The molecule has 16 heavy (non-hydrogen) atoms. The summed E-state index contributed by atoms with van der Waals surface area (Å²) in [6, 6.07) is 4.72. The maximum Gasteiger partial charge on any atom is 0.105 e. The van der Waals surface area contributed by atoms with Crippen LogP contribution in [0.1, 0.15) is 31.4 Å². The SMILES string of the molecule is CSC1CCCCC1NCCc1ccco1.